The molecule has 0 amide bonds. The van der Waals surface area contributed by atoms with Crippen molar-refractivity contribution < 1.29 is 31.1 Å². The fourth-order valence-corrected chi connectivity index (χ4v) is 5.76. The maximum Gasteiger partial charge on any atom is 0.338 e. The Kier molecular flexibility index (Phi) is 11.5. The second-order valence-corrected chi connectivity index (χ2v) is 13.2. The van der Waals surface area contributed by atoms with Crippen LogP contribution in [0.2, 0.25) is 0 Å². The number of benzene rings is 2. The molecule has 2 aromatic carbocycles. The lowest BCUT2D eigenvalue weighted by atomic mass is 9.97. The van der Waals surface area contributed by atoms with Gasteiger partial charge in [-0.05, 0) is 51.3 Å². The number of hydrogen-bond donors (Lipinski definition) is 3. The molecular formula is C30H42F3N3O4S. The van der Waals surface area contributed by atoms with E-state index < -0.39 is 55.3 Å². The zero-order valence-corrected chi connectivity index (χ0v) is 24.9. The fourth-order valence-electron chi connectivity index (χ4n) is 4.99. The monoisotopic (exact) mass is 597 g/mol. The molecule has 7 nitrogen and oxygen atoms in total. The summed E-state index contributed by atoms with van der Waals surface area (Å²) < 4.78 is 76.0. The minimum absolute atomic E-state index is 0.126. The Morgan fingerprint density at radius 2 is 1.37 bits per heavy atom. The first-order valence-corrected chi connectivity index (χ1v) is 15.9. The predicted molar refractivity (Wildman–Crippen MR) is 155 cm³/mol. The summed E-state index contributed by atoms with van der Waals surface area (Å²) >= 11 is 0. The number of nitrogens with two attached hydrogens (primary N) is 1. The van der Waals surface area contributed by atoms with Crippen molar-refractivity contribution >= 4 is 27.4 Å². The van der Waals surface area contributed by atoms with Gasteiger partial charge in [0.15, 0.2) is 17.5 Å². The molecule has 0 spiro atoms. The van der Waals surface area contributed by atoms with Crippen LogP contribution < -0.4 is 15.8 Å². The summed E-state index contributed by atoms with van der Waals surface area (Å²) in [5.74, 6) is -5.20. The van der Waals surface area contributed by atoms with Gasteiger partial charge in [0.2, 0.25) is 10.0 Å². The molecule has 0 unspecified atom stereocenters. The highest BCUT2D eigenvalue weighted by atomic mass is 32.2. The zero-order valence-electron chi connectivity index (χ0n) is 24.1. The van der Waals surface area contributed by atoms with E-state index in [1.54, 1.807) is 32.9 Å². The molecule has 0 aromatic heterocycles. The van der Waals surface area contributed by atoms with Crippen molar-refractivity contribution in [2.24, 2.45) is 5.14 Å². The van der Waals surface area contributed by atoms with Gasteiger partial charge in [-0.3, -0.25) is 0 Å². The molecule has 3 rings (SSSR count). The van der Waals surface area contributed by atoms with Crippen LogP contribution in [-0.4, -0.2) is 26.0 Å². The lowest BCUT2D eigenvalue weighted by Gasteiger charge is -2.24. The molecule has 1 saturated carbocycles. The van der Waals surface area contributed by atoms with Gasteiger partial charge in [-0.2, -0.15) is 0 Å². The Balaban J connectivity index is 1.86. The van der Waals surface area contributed by atoms with Crippen LogP contribution in [0.15, 0.2) is 29.2 Å². The number of anilines is 2. The van der Waals surface area contributed by atoms with E-state index in [9.17, 15) is 13.2 Å². The van der Waals surface area contributed by atoms with Crippen LogP contribution in [0.4, 0.5) is 24.5 Å². The van der Waals surface area contributed by atoms with E-state index in [4.69, 9.17) is 9.88 Å². The van der Waals surface area contributed by atoms with E-state index in [-0.39, 0.29) is 12.6 Å². The number of ether oxygens (including phenoxy) is 1. The highest BCUT2D eigenvalue weighted by molar-refractivity contribution is 7.89. The molecule has 1 aliphatic carbocycles. The number of esters is 1. The van der Waals surface area contributed by atoms with Gasteiger partial charge in [0.1, 0.15) is 16.2 Å². The van der Waals surface area contributed by atoms with Crippen LogP contribution in [0.25, 0.3) is 0 Å². The minimum atomic E-state index is -4.80. The van der Waals surface area contributed by atoms with Crippen molar-refractivity contribution in [2.75, 3.05) is 10.6 Å². The van der Waals surface area contributed by atoms with Crippen molar-refractivity contribution in [3.63, 3.8) is 0 Å². The van der Waals surface area contributed by atoms with Gasteiger partial charge in [-0.15, -0.1) is 0 Å². The lowest BCUT2D eigenvalue weighted by molar-refractivity contribution is 0.00694. The Hall–Kier alpha value is -2.79. The maximum atomic E-state index is 15.8. The van der Waals surface area contributed by atoms with Crippen molar-refractivity contribution in [3.05, 3.63) is 52.8 Å². The molecule has 2 aromatic rings. The van der Waals surface area contributed by atoms with Crippen LogP contribution in [0.1, 0.15) is 107 Å². The highest BCUT2D eigenvalue weighted by Crippen LogP contribution is 2.37. The number of sulfonamides is 1. The number of carbonyl (C=O) groups is 1. The number of hydrogen-bond acceptors (Lipinski definition) is 6. The van der Waals surface area contributed by atoms with Gasteiger partial charge in [-0.25, -0.2) is 31.5 Å². The van der Waals surface area contributed by atoms with Gasteiger partial charge in [0.25, 0.3) is 0 Å². The fraction of sp³-hybridized carbons (Fsp3) is 0.567. The number of halogens is 3. The summed E-state index contributed by atoms with van der Waals surface area (Å²) in [5.41, 5.74) is -1.29. The summed E-state index contributed by atoms with van der Waals surface area (Å²) in [6.45, 7) is 5.12. The molecule has 0 aliphatic heterocycles. The number of primary sulfonamides is 1. The van der Waals surface area contributed by atoms with E-state index in [0.29, 0.717) is 24.0 Å². The molecule has 0 atom stereocenters. The third-order valence-electron chi connectivity index (χ3n) is 7.07. The molecule has 1 fully saturated rings. The highest BCUT2D eigenvalue weighted by Gasteiger charge is 2.32. The maximum absolute atomic E-state index is 15.8. The molecule has 1 aliphatic rings. The molecule has 41 heavy (non-hydrogen) atoms. The molecule has 4 N–H and O–H groups in total. The van der Waals surface area contributed by atoms with Crippen LogP contribution >= 0.6 is 0 Å². The summed E-state index contributed by atoms with van der Waals surface area (Å²) in [7, 11) is -4.80. The van der Waals surface area contributed by atoms with Gasteiger partial charge in [0.05, 0.1) is 11.3 Å². The Labute approximate surface area is 241 Å². The molecule has 0 heterocycles. The summed E-state index contributed by atoms with van der Waals surface area (Å²) in [6.07, 6.45) is 10.6. The molecule has 11 heteroatoms. The van der Waals surface area contributed by atoms with Gasteiger partial charge >= 0.3 is 5.97 Å². The summed E-state index contributed by atoms with van der Waals surface area (Å²) in [6, 6.07) is 5.84. The summed E-state index contributed by atoms with van der Waals surface area (Å²) in [4.78, 5) is 11.0. The first-order valence-electron chi connectivity index (χ1n) is 14.3. The number of nitrogens with one attached hydrogen (secondary N) is 2. The average Bonchev–Trinajstić information content (AvgIpc) is 2.87. The molecular weight excluding hydrogens is 555 g/mol. The first-order chi connectivity index (χ1) is 19.3. The SMILES string of the molecule is CC(C)(C)OC(=O)c1ccc(CNc2c(F)c(F)c(S(N)(=O)=O)c(NC3CCCCCCCCCCC3)c2F)cc1. The van der Waals surface area contributed by atoms with Crippen LogP contribution in [0, 0.1) is 17.5 Å². The molecule has 0 bridgehead atoms. The van der Waals surface area contributed by atoms with E-state index in [1.165, 1.54) is 18.6 Å². The van der Waals surface area contributed by atoms with Crippen molar-refractivity contribution in [3.8, 4) is 0 Å². The van der Waals surface area contributed by atoms with Gasteiger partial charge in [-0.1, -0.05) is 69.9 Å². The third kappa shape index (κ3) is 9.63. The average molecular weight is 598 g/mol. The Morgan fingerprint density at radius 1 is 0.854 bits per heavy atom. The lowest BCUT2D eigenvalue weighted by Crippen LogP contribution is -2.26. The van der Waals surface area contributed by atoms with E-state index in [0.717, 1.165) is 51.4 Å². The quantitative estimate of drug-likeness (QED) is 0.227. The van der Waals surface area contributed by atoms with E-state index in [1.807, 2.05) is 0 Å². The third-order valence-corrected chi connectivity index (χ3v) is 8.03. The van der Waals surface area contributed by atoms with E-state index in [2.05, 4.69) is 10.6 Å². The number of rotatable bonds is 7. The van der Waals surface area contributed by atoms with Crippen molar-refractivity contribution in [1.82, 2.24) is 0 Å². The second kappa shape index (κ2) is 14.4. The smallest absolute Gasteiger partial charge is 0.338 e. The summed E-state index contributed by atoms with van der Waals surface area (Å²) in [5, 5.41) is 10.7. The Morgan fingerprint density at radius 3 is 1.85 bits per heavy atom. The second-order valence-electron chi connectivity index (χ2n) is 11.7. The standard InChI is InChI=1S/C30H42F3N3O4S/c1-30(2,3)40-29(37)21-17-15-20(16-18-21)19-35-26-23(31)24(32)28(41(34,38)39)27(25(26)33)36-22-13-11-9-7-5-4-6-8-10-12-14-22/h15-18,22,35-36H,4-14,19H2,1-3H3,(H2,34,38,39). The van der Waals surface area contributed by atoms with Crippen molar-refractivity contribution in [2.45, 2.75) is 114 Å². The van der Waals surface area contributed by atoms with Gasteiger partial charge < -0.3 is 15.4 Å². The largest absolute Gasteiger partial charge is 0.456 e. The van der Waals surface area contributed by atoms with Gasteiger partial charge in [0, 0.05) is 12.6 Å². The zero-order chi connectivity index (χ0) is 30.2. The number of carbonyl (C=O) groups excluding carboxylic acids is 1. The molecule has 0 saturated heterocycles. The Bertz CT molecular complexity index is 1280. The van der Waals surface area contributed by atoms with Crippen LogP contribution in [-0.2, 0) is 21.3 Å². The first kappa shape index (κ1) is 32.7. The van der Waals surface area contributed by atoms with E-state index >= 15 is 13.2 Å². The molecule has 228 valence electrons. The van der Waals surface area contributed by atoms with Crippen LogP contribution in [0.5, 0.6) is 0 Å². The minimum Gasteiger partial charge on any atom is -0.456 e. The predicted octanol–water partition coefficient (Wildman–Crippen LogP) is 7.40. The van der Waals surface area contributed by atoms with Crippen molar-refractivity contribution in [1.29, 1.82) is 0 Å². The van der Waals surface area contributed by atoms with Crippen LogP contribution in [0.3, 0.4) is 0 Å². The topological polar surface area (TPSA) is 111 Å². The molecule has 0 radical (unpaired) electrons. The normalized spacial score (nSPS) is 16.4.